The van der Waals surface area contributed by atoms with E-state index in [1.165, 1.54) is 17.7 Å². The van der Waals surface area contributed by atoms with Crippen molar-refractivity contribution < 1.29 is 18.0 Å². The molecule has 2 bridgehead atoms. The Bertz CT molecular complexity index is 1400. The van der Waals surface area contributed by atoms with Crippen LogP contribution in [0.3, 0.4) is 0 Å². The van der Waals surface area contributed by atoms with Crippen molar-refractivity contribution in [1.82, 2.24) is 14.8 Å². The van der Waals surface area contributed by atoms with Gasteiger partial charge in [-0.15, -0.1) is 0 Å². The number of piperidine rings is 1. The molecule has 3 heterocycles. The number of halogens is 3. The van der Waals surface area contributed by atoms with Crippen LogP contribution in [0.4, 0.5) is 13.2 Å². The summed E-state index contributed by atoms with van der Waals surface area (Å²) in [6, 6.07) is 24.1. The van der Waals surface area contributed by atoms with Gasteiger partial charge in [-0.25, -0.2) is 0 Å². The number of amides is 1. The van der Waals surface area contributed by atoms with Gasteiger partial charge in [-0.2, -0.15) is 13.2 Å². The molecular formula is C30H28F3N3O. The zero-order chi connectivity index (χ0) is 25.6. The molecule has 2 aliphatic heterocycles. The highest BCUT2D eigenvalue weighted by Gasteiger charge is 2.41. The van der Waals surface area contributed by atoms with E-state index in [1.807, 2.05) is 41.1 Å². The first-order valence-corrected chi connectivity index (χ1v) is 12.7. The van der Waals surface area contributed by atoms with Crippen LogP contribution >= 0.6 is 0 Å². The molecule has 0 radical (unpaired) electrons. The maximum Gasteiger partial charge on any atom is 0.416 e. The summed E-state index contributed by atoms with van der Waals surface area (Å²) in [5, 5.41) is 4.18. The van der Waals surface area contributed by atoms with Crippen molar-refractivity contribution in [1.29, 1.82) is 0 Å². The molecule has 37 heavy (non-hydrogen) atoms. The summed E-state index contributed by atoms with van der Waals surface area (Å²) in [7, 11) is 0. The van der Waals surface area contributed by atoms with Gasteiger partial charge in [-0.1, -0.05) is 36.4 Å². The Balaban J connectivity index is 1.16. The molecule has 3 aromatic carbocycles. The summed E-state index contributed by atoms with van der Waals surface area (Å²) < 4.78 is 40.7. The second kappa shape index (κ2) is 9.38. The van der Waals surface area contributed by atoms with Crippen LogP contribution in [-0.2, 0) is 12.7 Å². The third kappa shape index (κ3) is 4.76. The van der Waals surface area contributed by atoms with E-state index < -0.39 is 11.7 Å². The van der Waals surface area contributed by atoms with E-state index in [0.717, 1.165) is 55.3 Å². The molecule has 1 amide bonds. The Hall–Kier alpha value is -3.58. The Morgan fingerprint density at radius 2 is 1.59 bits per heavy atom. The van der Waals surface area contributed by atoms with Crippen molar-refractivity contribution in [2.24, 2.45) is 0 Å². The maximum atomic E-state index is 13.2. The van der Waals surface area contributed by atoms with Gasteiger partial charge in [0, 0.05) is 42.1 Å². The number of aromatic nitrogens is 1. The minimum atomic E-state index is -4.38. The fourth-order valence-corrected chi connectivity index (χ4v) is 6.02. The van der Waals surface area contributed by atoms with Crippen molar-refractivity contribution in [3.05, 3.63) is 102 Å². The van der Waals surface area contributed by atoms with Gasteiger partial charge in [-0.05, 0) is 79.1 Å². The molecule has 2 saturated heterocycles. The summed E-state index contributed by atoms with van der Waals surface area (Å²) in [5.74, 6) is -0.108. The van der Waals surface area contributed by atoms with Crippen LogP contribution in [0.5, 0.6) is 0 Å². The summed E-state index contributed by atoms with van der Waals surface area (Å²) in [6.45, 7) is 0.953. The average molecular weight is 504 g/mol. The molecule has 6 rings (SSSR count). The summed E-state index contributed by atoms with van der Waals surface area (Å²) >= 11 is 0. The first kappa shape index (κ1) is 23.8. The zero-order valence-corrected chi connectivity index (χ0v) is 20.3. The van der Waals surface area contributed by atoms with E-state index in [1.54, 1.807) is 0 Å². The monoisotopic (exact) mass is 503 g/mol. The second-order valence-electron chi connectivity index (χ2n) is 10.2. The Morgan fingerprint density at radius 3 is 2.27 bits per heavy atom. The number of nitrogens with one attached hydrogen (secondary N) is 1. The van der Waals surface area contributed by atoms with Crippen LogP contribution in [0.15, 0.2) is 85.1 Å². The van der Waals surface area contributed by atoms with E-state index in [-0.39, 0.29) is 11.9 Å². The zero-order valence-electron chi connectivity index (χ0n) is 20.3. The largest absolute Gasteiger partial charge is 0.416 e. The Labute approximate surface area is 213 Å². The van der Waals surface area contributed by atoms with Gasteiger partial charge < -0.3 is 9.88 Å². The number of carbonyl (C=O) groups excluding carboxylic acids is 1. The molecule has 0 spiro atoms. The van der Waals surface area contributed by atoms with Crippen molar-refractivity contribution in [2.75, 3.05) is 0 Å². The molecule has 7 heteroatoms. The lowest BCUT2D eigenvalue weighted by Gasteiger charge is -2.39. The smallest absolute Gasteiger partial charge is 0.349 e. The molecule has 0 aliphatic carbocycles. The van der Waals surface area contributed by atoms with Crippen molar-refractivity contribution in [3.8, 4) is 5.69 Å². The lowest BCUT2D eigenvalue weighted by Crippen LogP contribution is -2.49. The van der Waals surface area contributed by atoms with Crippen LogP contribution in [-0.4, -0.2) is 33.5 Å². The van der Waals surface area contributed by atoms with Crippen molar-refractivity contribution in [2.45, 2.75) is 56.5 Å². The molecule has 2 unspecified atom stereocenters. The quantitative estimate of drug-likeness (QED) is 0.334. The van der Waals surface area contributed by atoms with Crippen LogP contribution in [0, 0.1) is 0 Å². The van der Waals surface area contributed by atoms with Gasteiger partial charge in [-0.3, -0.25) is 9.69 Å². The summed E-state index contributed by atoms with van der Waals surface area (Å²) in [4.78, 5) is 15.8. The fraction of sp³-hybridized carbons (Fsp3) is 0.300. The fourth-order valence-electron chi connectivity index (χ4n) is 6.02. The normalized spacial score (nSPS) is 21.9. The summed E-state index contributed by atoms with van der Waals surface area (Å²) in [6.07, 6.45) is 1.65. The standard InChI is InChI=1S/C30H28F3N3O/c31-30(32,33)23-8-10-25(11-9-23)35-15-14-21-6-7-22(16-28(21)35)29(37)34-24-17-26-12-13-27(18-24)36(26)19-20-4-2-1-3-5-20/h1-11,14-16,24,26-27H,12-13,17-19H2,(H,34,37). The van der Waals surface area contributed by atoms with E-state index in [0.29, 0.717) is 23.3 Å². The van der Waals surface area contributed by atoms with Crippen molar-refractivity contribution in [3.63, 3.8) is 0 Å². The molecule has 1 N–H and O–H groups in total. The number of fused-ring (bicyclic) bond motifs is 3. The third-order valence-electron chi connectivity index (χ3n) is 7.86. The van der Waals surface area contributed by atoms with E-state index in [2.05, 4.69) is 34.5 Å². The predicted octanol–water partition coefficient (Wildman–Crippen LogP) is 6.57. The molecule has 4 nitrogen and oxygen atoms in total. The third-order valence-corrected chi connectivity index (χ3v) is 7.86. The molecule has 2 atom stereocenters. The van der Waals surface area contributed by atoms with Crippen LogP contribution in [0.1, 0.15) is 47.2 Å². The van der Waals surface area contributed by atoms with E-state index >= 15 is 0 Å². The van der Waals surface area contributed by atoms with E-state index in [9.17, 15) is 18.0 Å². The minimum Gasteiger partial charge on any atom is -0.349 e. The first-order valence-electron chi connectivity index (χ1n) is 12.7. The first-order chi connectivity index (χ1) is 17.8. The molecule has 4 aromatic rings. The predicted molar refractivity (Wildman–Crippen MR) is 138 cm³/mol. The SMILES string of the molecule is O=C(NC1CC2CCC(C1)N2Cc1ccccc1)c1ccc2ccn(-c3ccc(C(F)(F)F)cc3)c2c1. The molecular weight excluding hydrogens is 475 g/mol. The number of hydrogen-bond acceptors (Lipinski definition) is 2. The Kier molecular flexibility index (Phi) is 6.03. The lowest BCUT2D eigenvalue weighted by atomic mass is 9.96. The van der Waals surface area contributed by atoms with Gasteiger partial charge in [0.25, 0.3) is 5.91 Å². The van der Waals surface area contributed by atoms with Crippen molar-refractivity contribution >= 4 is 16.8 Å². The highest BCUT2D eigenvalue weighted by atomic mass is 19.4. The number of alkyl halides is 3. The molecule has 190 valence electrons. The number of rotatable bonds is 5. The van der Waals surface area contributed by atoms with Crippen LogP contribution < -0.4 is 5.32 Å². The second-order valence-corrected chi connectivity index (χ2v) is 10.2. The minimum absolute atomic E-state index is 0.108. The molecule has 2 aliphatic rings. The van der Waals surface area contributed by atoms with E-state index in [4.69, 9.17) is 0 Å². The van der Waals surface area contributed by atoms with Gasteiger partial charge in [0.15, 0.2) is 0 Å². The molecule has 2 fully saturated rings. The van der Waals surface area contributed by atoms with Gasteiger partial charge >= 0.3 is 6.18 Å². The Morgan fingerprint density at radius 1 is 0.892 bits per heavy atom. The topological polar surface area (TPSA) is 37.3 Å². The van der Waals surface area contributed by atoms with Crippen LogP contribution in [0.25, 0.3) is 16.6 Å². The molecule has 0 saturated carbocycles. The highest BCUT2D eigenvalue weighted by Crippen LogP contribution is 2.37. The van der Waals surface area contributed by atoms with Gasteiger partial charge in [0.2, 0.25) is 0 Å². The number of carbonyl (C=O) groups is 1. The molecule has 1 aromatic heterocycles. The number of nitrogens with zero attached hydrogens (tertiary/aromatic N) is 2. The average Bonchev–Trinajstić information content (AvgIpc) is 3.41. The summed E-state index contributed by atoms with van der Waals surface area (Å²) in [5.41, 5.74) is 2.59. The van der Waals surface area contributed by atoms with Crippen LogP contribution in [0.2, 0.25) is 0 Å². The lowest BCUT2D eigenvalue weighted by molar-refractivity contribution is -0.137. The van der Waals surface area contributed by atoms with Gasteiger partial charge in [0.05, 0.1) is 11.1 Å². The highest BCUT2D eigenvalue weighted by molar-refractivity contribution is 5.98. The number of benzene rings is 3. The maximum absolute atomic E-state index is 13.2. The van der Waals surface area contributed by atoms with Gasteiger partial charge in [0.1, 0.15) is 0 Å². The number of hydrogen-bond donors (Lipinski definition) is 1.